The van der Waals surface area contributed by atoms with Gasteiger partial charge in [-0.15, -0.1) is 0 Å². The number of furan rings is 1. The Labute approximate surface area is 138 Å². The van der Waals surface area contributed by atoms with Crippen LogP contribution in [0.2, 0.25) is 5.02 Å². The van der Waals surface area contributed by atoms with E-state index in [0.717, 1.165) is 22.8 Å². The highest BCUT2D eigenvalue weighted by molar-refractivity contribution is 6.30. The molecule has 3 rings (SSSR count). The predicted molar refractivity (Wildman–Crippen MR) is 87.9 cm³/mol. The number of carbonyl (C=O) groups is 1. The summed E-state index contributed by atoms with van der Waals surface area (Å²) in [5.41, 5.74) is 2.12. The van der Waals surface area contributed by atoms with Crippen LogP contribution in [0.4, 0.5) is 0 Å². The number of aryl methyl sites for hydroxylation is 2. The van der Waals surface area contributed by atoms with Crippen LogP contribution in [0.1, 0.15) is 27.6 Å². The van der Waals surface area contributed by atoms with Gasteiger partial charge in [0.2, 0.25) is 0 Å². The van der Waals surface area contributed by atoms with E-state index in [1.807, 2.05) is 32.0 Å². The lowest BCUT2D eigenvalue weighted by molar-refractivity contribution is 0.0945. The number of hydrogen-bond donors (Lipinski definition) is 1. The van der Waals surface area contributed by atoms with Crippen molar-refractivity contribution in [3.05, 3.63) is 70.4 Å². The van der Waals surface area contributed by atoms with E-state index in [0.29, 0.717) is 17.3 Å². The van der Waals surface area contributed by atoms with Crippen molar-refractivity contribution in [2.45, 2.75) is 20.4 Å². The van der Waals surface area contributed by atoms with Gasteiger partial charge in [-0.1, -0.05) is 17.7 Å². The molecule has 0 aliphatic rings. The van der Waals surface area contributed by atoms with Crippen molar-refractivity contribution in [2.24, 2.45) is 0 Å². The standard InChI is InChI=1S/C17H16ClN3O2/c1-11-8-13(12(2)23-11)10-19-17(22)16-6-7-21(20-16)15-5-3-4-14(18)9-15/h3-9H,10H2,1-2H3,(H,19,22). The van der Waals surface area contributed by atoms with E-state index < -0.39 is 0 Å². The largest absolute Gasteiger partial charge is 0.466 e. The summed E-state index contributed by atoms with van der Waals surface area (Å²) in [4.78, 5) is 12.2. The van der Waals surface area contributed by atoms with Crippen molar-refractivity contribution in [3.8, 4) is 5.69 Å². The van der Waals surface area contributed by atoms with Crippen molar-refractivity contribution < 1.29 is 9.21 Å². The van der Waals surface area contributed by atoms with E-state index in [9.17, 15) is 4.79 Å². The fraction of sp³-hybridized carbons (Fsp3) is 0.176. The summed E-state index contributed by atoms with van der Waals surface area (Å²) < 4.78 is 7.06. The number of benzene rings is 1. The molecular weight excluding hydrogens is 314 g/mol. The SMILES string of the molecule is Cc1cc(CNC(=O)c2ccn(-c3cccc(Cl)c3)n2)c(C)o1. The number of nitrogens with zero attached hydrogens (tertiary/aromatic N) is 2. The number of halogens is 1. The molecule has 2 heterocycles. The minimum atomic E-state index is -0.232. The monoisotopic (exact) mass is 329 g/mol. The van der Waals surface area contributed by atoms with Crippen LogP contribution in [0.3, 0.4) is 0 Å². The second-order valence-electron chi connectivity index (χ2n) is 5.25. The Kier molecular flexibility index (Phi) is 4.21. The molecule has 1 amide bonds. The lowest BCUT2D eigenvalue weighted by Gasteiger charge is -2.03. The quantitative estimate of drug-likeness (QED) is 0.794. The van der Waals surface area contributed by atoms with Crippen LogP contribution in [-0.2, 0) is 6.54 Å². The summed E-state index contributed by atoms with van der Waals surface area (Å²) >= 11 is 5.97. The lowest BCUT2D eigenvalue weighted by Crippen LogP contribution is -2.23. The fourth-order valence-electron chi connectivity index (χ4n) is 2.33. The Bertz CT molecular complexity index is 851. The summed E-state index contributed by atoms with van der Waals surface area (Å²) in [5, 5.41) is 7.75. The first-order valence-corrected chi connectivity index (χ1v) is 7.56. The molecule has 0 aliphatic carbocycles. The molecule has 0 spiro atoms. The van der Waals surface area contributed by atoms with Gasteiger partial charge in [-0.25, -0.2) is 4.68 Å². The molecule has 0 fully saturated rings. The van der Waals surface area contributed by atoms with Crippen LogP contribution in [0, 0.1) is 13.8 Å². The van der Waals surface area contributed by atoms with E-state index >= 15 is 0 Å². The average Bonchev–Trinajstić information content (AvgIpc) is 3.12. The Hall–Kier alpha value is -2.53. The number of carbonyl (C=O) groups excluding carboxylic acids is 1. The third-order valence-corrected chi connectivity index (χ3v) is 3.71. The Morgan fingerprint density at radius 2 is 2.13 bits per heavy atom. The number of amides is 1. The smallest absolute Gasteiger partial charge is 0.272 e. The second-order valence-corrected chi connectivity index (χ2v) is 5.68. The molecule has 0 saturated carbocycles. The molecule has 0 aliphatic heterocycles. The van der Waals surface area contributed by atoms with Crippen molar-refractivity contribution in [3.63, 3.8) is 0 Å². The topological polar surface area (TPSA) is 60.1 Å². The molecule has 0 saturated heterocycles. The minimum absolute atomic E-state index is 0.232. The molecule has 5 nitrogen and oxygen atoms in total. The number of rotatable bonds is 4. The van der Waals surface area contributed by atoms with E-state index in [-0.39, 0.29) is 5.91 Å². The van der Waals surface area contributed by atoms with E-state index in [2.05, 4.69) is 10.4 Å². The molecule has 23 heavy (non-hydrogen) atoms. The molecule has 1 N–H and O–H groups in total. The number of hydrogen-bond acceptors (Lipinski definition) is 3. The van der Waals surface area contributed by atoms with Crippen LogP contribution in [0.25, 0.3) is 5.69 Å². The van der Waals surface area contributed by atoms with Gasteiger partial charge in [-0.2, -0.15) is 5.10 Å². The third-order valence-electron chi connectivity index (χ3n) is 3.48. The predicted octanol–water partition coefficient (Wildman–Crippen LogP) is 3.67. The number of nitrogens with one attached hydrogen (secondary N) is 1. The molecular formula is C17H16ClN3O2. The molecule has 1 aromatic carbocycles. The van der Waals surface area contributed by atoms with Crippen LogP contribution in [0.5, 0.6) is 0 Å². The zero-order chi connectivity index (χ0) is 16.4. The van der Waals surface area contributed by atoms with Gasteiger partial charge in [-0.3, -0.25) is 4.79 Å². The van der Waals surface area contributed by atoms with E-state index in [1.54, 1.807) is 29.1 Å². The van der Waals surface area contributed by atoms with Gasteiger partial charge >= 0.3 is 0 Å². The molecule has 6 heteroatoms. The zero-order valence-electron chi connectivity index (χ0n) is 12.8. The lowest BCUT2D eigenvalue weighted by atomic mass is 10.2. The summed E-state index contributed by atoms with van der Waals surface area (Å²) in [6, 6.07) is 10.9. The molecule has 2 aromatic heterocycles. The maximum absolute atomic E-state index is 12.2. The minimum Gasteiger partial charge on any atom is -0.466 e. The molecule has 118 valence electrons. The van der Waals surface area contributed by atoms with Crippen molar-refractivity contribution in [1.29, 1.82) is 0 Å². The molecule has 0 radical (unpaired) electrons. The molecule has 3 aromatic rings. The van der Waals surface area contributed by atoms with Gasteiger partial charge in [0, 0.05) is 23.3 Å². The Balaban J connectivity index is 1.70. The zero-order valence-corrected chi connectivity index (χ0v) is 13.6. The molecule has 0 unspecified atom stereocenters. The normalized spacial score (nSPS) is 10.7. The Morgan fingerprint density at radius 1 is 1.30 bits per heavy atom. The molecule has 0 bridgehead atoms. The summed E-state index contributed by atoms with van der Waals surface area (Å²) in [7, 11) is 0. The van der Waals surface area contributed by atoms with Gasteiger partial charge in [-0.05, 0) is 44.2 Å². The van der Waals surface area contributed by atoms with Crippen LogP contribution in [-0.4, -0.2) is 15.7 Å². The second kappa shape index (κ2) is 6.30. The maximum atomic E-state index is 12.2. The molecule has 0 atom stereocenters. The highest BCUT2D eigenvalue weighted by atomic mass is 35.5. The third kappa shape index (κ3) is 3.46. The fourth-order valence-corrected chi connectivity index (χ4v) is 2.52. The highest BCUT2D eigenvalue weighted by Gasteiger charge is 2.12. The first kappa shape index (κ1) is 15.4. The summed E-state index contributed by atoms with van der Waals surface area (Å²) in [6.45, 7) is 4.17. The maximum Gasteiger partial charge on any atom is 0.272 e. The first-order chi connectivity index (χ1) is 11.0. The van der Waals surface area contributed by atoms with Crippen molar-refractivity contribution in [2.75, 3.05) is 0 Å². The van der Waals surface area contributed by atoms with Gasteiger partial charge < -0.3 is 9.73 Å². The first-order valence-electron chi connectivity index (χ1n) is 7.18. The summed E-state index contributed by atoms with van der Waals surface area (Å²) in [5.74, 6) is 1.41. The van der Waals surface area contributed by atoms with Gasteiger partial charge in [0.1, 0.15) is 11.5 Å². The van der Waals surface area contributed by atoms with E-state index in [4.69, 9.17) is 16.0 Å². The van der Waals surface area contributed by atoms with Gasteiger partial charge in [0.15, 0.2) is 5.69 Å². The number of aromatic nitrogens is 2. The van der Waals surface area contributed by atoms with Gasteiger partial charge in [0.25, 0.3) is 5.91 Å². The van der Waals surface area contributed by atoms with E-state index in [1.165, 1.54) is 0 Å². The van der Waals surface area contributed by atoms with Crippen molar-refractivity contribution >= 4 is 17.5 Å². The van der Waals surface area contributed by atoms with Gasteiger partial charge in [0.05, 0.1) is 5.69 Å². The Morgan fingerprint density at radius 3 is 2.83 bits per heavy atom. The van der Waals surface area contributed by atoms with Crippen LogP contribution >= 0.6 is 11.6 Å². The average molecular weight is 330 g/mol. The summed E-state index contributed by atoms with van der Waals surface area (Å²) in [6.07, 6.45) is 1.73. The van der Waals surface area contributed by atoms with Crippen LogP contribution in [0.15, 0.2) is 47.0 Å². The highest BCUT2D eigenvalue weighted by Crippen LogP contribution is 2.15. The van der Waals surface area contributed by atoms with Crippen LogP contribution < -0.4 is 5.32 Å². The van der Waals surface area contributed by atoms with Crippen molar-refractivity contribution in [1.82, 2.24) is 15.1 Å².